The molecule has 0 bridgehead atoms. The second-order valence-electron chi connectivity index (χ2n) is 4.74. The normalized spacial score (nSPS) is 11.0. The zero-order valence-corrected chi connectivity index (χ0v) is 12.5. The number of anilines is 1. The van der Waals surface area contributed by atoms with E-state index in [9.17, 15) is 4.79 Å². The Balaban J connectivity index is 2.12. The molecule has 0 aliphatic heterocycles. The number of aromatic nitrogens is 3. The molecular formula is C14H14N4O2S. The molecule has 0 atom stereocenters. The summed E-state index contributed by atoms with van der Waals surface area (Å²) in [5, 5.41) is 6.67. The van der Waals surface area contributed by atoms with Gasteiger partial charge in [-0.3, -0.25) is 4.79 Å². The summed E-state index contributed by atoms with van der Waals surface area (Å²) in [4.78, 5) is 16.4. The zero-order valence-electron chi connectivity index (χ0n) is 11.7. The van der Waals surface area contributed by atoms with E-state index in [4.69, 9.17) is 10.3 Å². The van der Waals surface area contributed by atoms with E-state index in [1.165, 1.54) is 11.3 Å². The van der Waals surface area contributed by atoms with Gasteiger partial charge in [0.15, 0.2) is 0 Å². The number of nitrogens with zero attached hydrogens (tertiary/aromatic N) is 3. The van der Waals surface area contributed by atoms with Crippen LogP contribution in [0.3, 0.4) is 0 Å². The predicted octanol–water partition coefficient (Wildman–Crippen LogP) is 2.21. The molecule has 0 spiro atoms. The number of rotatable bonds is 3. The second kappa shape index (κ2) is 5.17. The molecule has 6 nitrogen and oxygen atoms in total. The molecule has 0 aromatic carbocycles. The molecular weight excluding hydrogens is 288 g/mol. The fourth-order valence-electron chi connectivity index (χ4n) is 2.28. The van der Waals surface area contributed by atoms with Gasteiger partial charge in [-0.05, 0) is 19.9 Å². The number of nitrogens with two attached hydrogens (primary N) is 1. The van der Waals surface area contributed by atoms with Crippen LogP contribution in [-0.4, -0.2) is 14.7 Å². The van der Waals surface area contributed by atoms with Crippen molar-refractivity contribution in [1.29, 1.82) is 0 Å². The first-order valence-electron chi connectivity index (χ1n) is 6.38. The molecule has 3 aromatic rings. The third kappa shape index (κ3) is 2.47. The minimum Gasteiger partial charge on any atom is -0.394 e. The lowest BCUT2D eigenvalue weighted by Crippen LogP contribution is -2.23. The van der Waals surface area contributed by atoms with Crippen molar-refractivity contribution < 1.29 is 4.52 Å². The Morgan fingerprint density at radius 2 is 2.24 bits per heavy atom. The van der Waals surface area contributed by atoms with Gasteiger partial charge >= 0.3 is 0 Å². The molecule has 3 heterocycles. The number of thiazole rings is 1. The van der Waals surface area contributed by atoms with Crippen LogP contribution in [0, 0.1) is 13.8 Å². The van der Waals surface area contributed by atoms with Gasteiger partial charge in [0, 0.05) is 28.9 Å². The van der Waals surface area contributed by atoms with Gasteiger partial charge in [0.25, 0.3) is 5.56 Å². The fraction of sp³-hybridized carbons (Fsp3) is 0.214. The van der Waals surface area contributed by atoms with Gasteiger partial charge in [0.2, 0.25) is 0 Å². The van der Waals surface area contributed by atoms with Gasteiger partial charge in [-0.15, -0.1) is 11.3 Å². The van der Waals surface area contributed by atoms with Gasteiger partial charge in [-0.2, -0.15) is 0 Å². The van der Waals surface area contributed by atoms with E-state index in [2.05, 4.69) is 10.1 Å². The summed E-state index contributed by atoms with van der Waals surface area (Å²) in [5.41, 5.74) is 8.29. The van der Waals surface area contributed by atoms with Crippen molar-refractivity contribution in [3.8, 4) is 11.1 Å². The maximum absolute atomic E-state index is 12.2. The van der Waals surface area contributed by atoms with E-state index < -0.39 is 0 Å². The van der Waals surface area contributed by atoms with Crippen molar-refractivity contribution in [1.82, 2.24) is 14.7 Å². The van der Waals surface area contributed by atoms with E-state index in [-0.39, 0.29) is 11.2 Å². The third-order valence-corrected chi connectivity index (χ3v) is 3.99. The van der Waals surface area contributed by atoms with E-state index in [1.54, 1.807) is 23.0 Å². The lowest BCUT2D eigenvalue weighted by Gasteiger charge is -2.08. The maximum Gasteiger partial charge on any atom is 0.274 e. The van der Waals surface area contributed by atoms with Crippen LogP contribution in [0.15, 0.2) is 33.2 Å². The van der Waals surface area contributed by atoms with Crippen LogP contribution in [0.1, 0.15) is 16.5 Å². The molecule has 0 fully saturated rings. The van der Waals surface area contributed by atoms with E-state index in [0.717, 1.165) is 21.8 Å². The zero-order chi connectivity index (χ0) is 15.0. The summed E-state index contributed by atoms with van der Waals surface area (Å²) in [6, 6.07) is 1.66. The average molecular weight is 302 g/mol. The smallest absolute Gasteiger partial charge is 0.274 e. The van der Waals surface area contributed by atoms with Gasteiger partial charge in [-0.1, -0.05) is 5.16 Å². The van der Waals surface area contributed by atoms with Crippen LogP contribution in [-0.2, 0) is 6.54 Å². The molecule has 3 aromatic heterocycles. The Labute approximate surface area is 124 Å². The lowest BCUT2D eigenvalue weighted by atomic mass is 10.1. The molecule has 0 aliphatic carbocycles. The predicted molar refractivity (Wildman–Crippen MR) is 81.3 cm³/mol. The van der Waals surface area contributed by atoms with Gasteiger partial charge in [0.05, 0.1) is 17.9 Å². The molecule has 0 amide bonds. The van der Waals surface area contributed by atoms with Crippen LogP contribution >= 0.6 is 11.3 Å². The highest BCUT2D eigenvalue weighted by Crippen LogP contribution is 2.27. The van der Waals surface area contributed by atoms with Crippen molar-refractivity contribution >= 4 is 17.0 Å². The van der Waals surface area contributed by atoms with Crippen molar-refractivity contribution in [3.63, 3.8) is 0 Å². The van der Waals surface area contributed by atoms with Gasteiger partial charge < -0.3 is 14.8 Å². The molecule has 0 saturated heterocycles. The first-order chi connectivity index (χ1) is 10.1. The Morgan fingerprint density at radius 1 is 1.43 bits per heavy atom. The van der Waals surface area contributed by atoms with Crippen LogP contribution in [0.25, 0.3) is 11.1 Å². The molecule has 3 rings (SSSR count). The summed E-state index contributed by atoms with van der Waals surface area (Å²) >= 11 is 1.50. The van der Waals surface area contributed by atoms with Crippen LogP contribution in [0.2, 0.25) is 0 Å². The Hall–Kier alpha value is -2.41. The van der Waals surface area contributed by atoms with Gasteiger partial charge in [-0.25, -0.2) is 4.98 Å². The van der Waals surface area contributed by atoms with Crippen LogP contribution in [0.5, 0.6) is 0 Å². The molecule has 7 heteroatoms. The number of aryl methyl sites for hydroxylation is 2. The summed E-state index contributed by atoms with van der Waals surface area (Å²) in [6.45, 7) is 4.10. The molecule has 2 N–H and O–H groups in total. The molecule has 0 saturated carbocycles. The summed E-state index contributed by atoms with van der Waals surface area (Å²) in [7, 11) is 0. The van der Waals surface area contributed by atoms with Crippen molar-refractivity contribution in [2.24, 2.45) is 0 Å². The van der Waals surface area contributed by atoms with Gasteiger partial charge in [0.1, 0.15) is 10.8 Å². The Morgan fingerprint density at radius 3 is 2.86 bits per heavy atom. The Bertz CT molecular complexity index is 814. The summed E-state index contributed by atoms with van der Waals surface area (Å²) < 4.78 is 6.74. The van der Waals surface area contributed by atoms with E-state index in [1.807, 2.05) is 19.2 Å². The highest BCUT2D eigenvalue weighted by molar-refractivity contribution is 7.09. The monoisotopic (exact) mass is 302 g/mol. The standard InChI is InChI=1S/C14H14N4O2S/c1-8-13(9(2)20-17-8)10-5-11(15)14(19)18(6-10)7-12-16-3-4-21-12/h3-6H,7,15H2,1-2H3. The quantitative estimate of drug-likeness (QED) is 0.801. The summed E-state index contributed by atoms with van der Waals surface area (Å²) in [6.07, 6.45) is 3.49. The third-order valence-electron chi connectivity index (χ3n) is 3.22. The fourth-order valence-corrected chi connectivity index (χ4v) is 2.90. The van der Waals surface area contributed by atoms with E-state index in [0.29, 0.717) is 12.3 Å². The number of hydrogen-bond acceptors (Lipinski definition) is 6. The van der Waals surface area contributed by atoms with Crippen molar-refractivity contribution in [2.75, 3.05) is 5.73 Å². The minimum absolute atomic E-state index is 0.198. The second-order valence-corrected chi connectivity index (χ2v) is 5.72. The number of pyridine rings is 1. The highest BCUT2D eigenvalue weighted by Gasteiger charge is 2.14. The molecule has 0 radical (unpaired) electrons. The van der Waals surface area contributed by atoms with Crippen molar-refractivity contribution in [2.45, 2.75) is 20.4 Å². The molecule has 0 unspecified atom stereocenters. The highest BCUT2D eigenvalue weighted by atomic mass is 32.1. The number of hydrogen-bond donors (Lipinski definition) is 1. The van der Waals surface area contributed by atoms with E-state index >= 15 is 0 Å². The van der Waals surface area contributed by atoms with Crippen LogP contribution in [0.4, 0.5) is 5.69 Å². The first kappa shape index (κ1) is 13.6. The summed E-state index contributed by atoms with van der Waals surface area (Å²) in [5.74, 6) is 0.700. The van der Waals surface area contributed by atoms with Crippen molar-refractivity contribution in [3.05, 3.63) is 50.7 Å². The largest absolute Gasteiger partial charge is 0.394 e. The lowest BCUT2D eigenvalue weighted by molar-refractivity contribution is 0.393. The first-order valence-corrected chi connectivity index (χ1v) is 7.26. The average Bonchev–Trinajstić information content (AvgIpc) is 3.05. The molecule has 21 heavy (non-hydrogen) atoms. The number of nitrogen functional groups attached to an aromatic ring is 1. The molecule has 0 aliphatic rings. The maximum atomic E-state index is 12.2. The topological polar surface area (TPSA) is 86.9 Å². The molecule has 108 valence electrons. The Kier molecular flexibility index (Phi) is 3.34. The minimum atomic E-state index is -0.222. The SMILES string of the molecule is Cc1noc(C)c1-c1cc(N)c(=O)n(Cc2nccs2)c1. The van der Waals surface area contributed by atoms with Crippen LogP contribution < -0.4 is 11.3 Å².